The molecule has 0 radical (unpaired) electrons. The summed E-state index contributed by atoms with van der Waals surface area (Å²) in [5, 5.41) is 3.44. The molecule has 0 bridgehead atoms. The molecule has 0 fully saturated rings. The van der Waals surface area contributed by atoms with Gasteiger partial charge in [-0.2, -0.15) is 0 Å². The molecule has 0 saturated carbocycles. The first kappa shape index (κ1) is 15.4. The summed E-state index contributed by atoms with van der Waals surface area (Å²) in [6, 6.07) is 14.9. The number of ether oxygens (including phenoxy) is 1. The maximum atomic E-state index is 5.93. The van der Waals surface area contributed by atoms with Crippen LogP contribution in [0, 0.1) is 13.8 Å². The molecule has 0 spiro atoms. The highest BCUT2D eigenvalue weighted by Crippen LogP contribution is 2.16. The Morgan fingerprint density at radius 1 is 1.00 bits per heavy atom. The topological polar surface area (TPSA) is 21.3 Å². The second kappa shape index (κ2) is 7.16. The van der Waals surface area contributed by atoms with Crippen molar-refractivity contribution in [3.63, 3.8) is 0 Å². The zero-order valence-electron chi connectivity index (χ0n) is 13.4. The highest BCUT2D eigenvalue weighted by atomic mass is 16.5. The number of anilines is 1. The SMILES string of the molecule is CCc1ccc(OC(C)CNc2cc(C)cc(C)c2)cc1. The molecule has 2 aromatic rings. The normalized spacial score (nSPS) is 12.0. The van der Waals surface area contributed by atoms with E-state index in [9.17, 15) is 0 Å². The van der Waals surface area contributed by atoms with E-state index < -0.39 is 0 Å². The zero-order chi connectivity index (χ0) is 15.2. The van der Waals surface area contributed by atoms with Crippen molar-refractivity contribution in [1.82, 2.24) is 0 Å². The first-order valence-electron chi connectivity index (χ1n) is 7.64. The Kier molecular flexibility index (Phi) is 5.26. The third-order valence-corrected chi connectivity index (χ3v) is 3.48. The highest BCUT2D eigenvalue weighted by Gasteiger charge is 2.04. The van der Waals surface area contributed by atoms with Gasteiger partial charge in [0.25, 0.3) is 0 Å². The Hall–Kier alpha value is -1.96. The number of benzene rings is 2. The van der Waals surface area contributed by atoms with Crippen molar-refractivity contribution in [2.45, 2.75) is 40.2 Å². The van der Waals surface area contributed by atoms with Crippen LogP contribution in [0.2, 0.25) is 0 Å². The van der Waals surface area contributed by atoms with Crippen LogP contribution in [0.3, 0.4) is 0 Å². The van der Waals surface area contributed by atoms with E-state index in [0.717, 1.165) is 24.4 Å². The van der Waals surface area contributed by atoms with Crippen LogP contribution < -0.4 is 10.1 Å². The van der Waals surface area contributed by atoms with Gasteiger partial charge in [0.05, 0.1) is 6.54 Å². The maximum Gasteiger partial charge on any atom is 0.119 e. The minimum atomic E-state index is 0.123. The molecule has 1 atom stereocenters. The van der Waals surface area contributed by atoms with Crippen molar-refractivity contribution in [3.8, 4) is 5.75 Å². The molecule has 0 aliphatic heterocycles. The lowest BCUT2D eigenvalue weighted by Gasteiger charge is -2.17. The summed E-state index contributed by atoms with van der Waals surface area (Å²) in [7, 11) is 0. The van der Waals surface area contributed by atoms with Crippen molar-refractivity contribution in [1.29, 1.82) is 0 Å². The van der Waals surface area contributed by atoms with E-state index in [1.807, 2.05) is 12.1 Å². The van der Waals surface area contributed by atoms with Crippen LogP contribution in [0.4, 0.5) is 5.69 Å². The number of aryl methyl sites for hydroxylation is 3. The molecule has 0 aromatic heterocycles. The van der Waals surface area contributed by atoms with E-state index in [2.05, 4.69) is 63.3 Å². The molecule has 1 unspecified atom stereocenters. The monoisotopic (exact) mass is 283 g/mol. The van der Waals surface area contributed by atoms with Gasteiger partial charge in [0.15, 0.2) is 0 Å². The molecule has 0 aliphatic rings. The van der Waals surface area contributed by atoms with Crippen LogP contribution >= 0.6 is 0 Å². The summed E-state index contributed by atoms with van der Waals surface area (Å²) in [5.41, 5.74) is 5.05. The minimum absolute atomic E-state index is 0.123. The Morgan fingerprint density at radius 3 is 2.19 bits per heavy atom. The Labute approximate surface area is 128 Å². The van der Waals surface area contributed by atoms with Gasteiger partial charge in [-0.05, 0) is 68.1 Å². The smallest absolute Gasteiger partial charge is 0.119 e. The third-order valence-electron chi connectivity index (χ3n) is 3.48. The van der Waals surface area contributed by atoms with Crippen molar-refractivity contribution in [3.05, 3.63) is 59.2 Å². The summed E-state index contributed by atoms with van der Waals surface area (Å²) < 4.78 is 5.93. The standard InChI is InChI=1S/C19H25NO/c1-5-17-6-8-19(9-7-17)21-16(4)13-20-18-11-14(2)10-15(3)12-18/h6-12,16,20H,5,13H2,1-4H3. The summed E-state index contributed by atoms with van der Waals surface area (Å²) >= 11 is 0. The predicted molar refractivity (Wildman–Crippen MR) is 90.3 cm³/mol. The lowest BCUT2D eigenvalue weighted by Crippen LogP contribution is -2.22. The van der Waals surface area contributed by atoms with Crippen LogP contribution in [0.25, 0.3) is 0 Å². The van der Waals surface area contributed by atoms with Gasteiger partial charge in [0.2, 0.25) is 0 Å². The van der Waals surface area contributed by atoms with E-state index in [4.69, 9.17) is 4.74 Å². The van der Waals surface area contributed by atoms with Crippen molar-refractivity contribution in [2.75, 3.05) is 11.9 Å². The second-order valence-electron chi connectivity index (χ2n) is 5.68. The highest BCUT2D eigenvalue weighted by molar-refractivity contribution is 5.48. The largest absolute Gasteiger partial charge is 0.489 e. The average molecular weight is 283 g/mol. The fourth-order valence-corrected chi connectivity index (χ4v) is 2.42. The van der Waals surface area contributed by atoms with E-state index in [1.54, 1.807) is 0 Å². The van der Waals surface area contributed by atoms with Crippen LogP contribution in [0.1, 0.15) is 30.5 Å². The Balaban J connectivity index is 1.87. The molecule has 0 saturated heterocycles. The second-order valence-corrected chi connectivity index (χ2v) is 5.68. The molecule has 2 rings (SSSR count). The number of rotatable bonds is 6. The van der Waals surface area contributed by atoms with Gasteiger partial charge in [-0.15, -0.1) is 0 Å². The fraction of sp³-hybridized carbons (Fsp3) is 0.368. The van der Waals surface area contributed by atoms with Crippen molar-refractivity contribution >= 4 is 5.69 Å². The van der Waals surface area contributed by atoms with Gasteiger partial charge in [0.1, 0.15) is 11.9 Å². The van der Waals surface area contributed by atoms with Crippen LogP contribution in [0.15, 0.2) is 42.5 Å². The van der Waals surface area contributed by atoms with E-state index in [1.165, 1.54) is 16.7 Å². The first-order valence-corrected chi connectivity index (χ1v) is 7.64. The number of nitrogens with one attached hydrogen (secondary N) is 1. The molecular formula is C19H25NO. The molecule has 0 amide bonds. The summed E-state index contributed by atoms with van der Waals surface area (Å²) in [6.07, 6.45) is 1.18. The van der Waals surface area contributed by atoms with Gasteiger partial charge in [-0.3, -0.25) is 0 Å². The average Bonchev–Trinajstić information content (AvgIpc) is 2.45. The molecule has 2 heteroatoms. The Bertz CT molecular complexity index is 554. The van der Waals surface area contributed by atoms with E-state index in [-0.39, 0.29) is 6.10 Å². The van der Waals surface area contributed by atoms with Gasteiger partial charge < -0.3 is 10.1 Å². The molecule has 0 aliphatic carbocycles. The van der Waals surface area contributed by atoms with E-state index >= 15 is 0 Å². The lowest BCUT2D eigenvalue weighted by atomic mass is 10.1. The molecule has 2 aromatic carbocycles. The van der Waals surface area contributed by atoms with Gasteiger partial charge in [0, 0.05) is 5.69 Å². The molecule has 112 valence electrons. The Morgan fingerprint density at radius 2 is 1.62 bits per heavy atom. The summed E-state index contributed by atoms with van der Waals surface area (Å²) in [4.78, 5) is 0. The van der Waals surface area contributed by atoms with Crippen LogP contribution in [-0.2, 0) is 6.42 Å². The van der Waals surface area contributed by atoms with E-state index in [0.29, 0.717) is 0 Å². The van der Waals surface area contributed by atoms with Gasteiger partial charge >= 0.3 is 0 Å². The predicted octanol–water partition coefficient (Wildman–Crippen LogP) is 4.75. The third kappa shape index (κ3) is 4.82. The van der Waals surface area contributed by atoms with Gasteiger partial charge in [-0.25, -0.2) is 0 Å². The summed E-state index contributed by atoms with van der Waals surface area (Å²) in [5.74, 6) is 0.932. The molecular weight excluding hydrogens is 258 g/mol. The lowest BCUT2D eigenvalue weighted by molar-refractivity contribution is 0.234. The molecule has 2 nitrogen and oxygen atoms in total. The molecule has 0 heterocycles. The maximum absolute atomic E-state index is 5.93. The van der Waals surface area contributed by atoms with Crippen LogP contribution in [-0.4, -0.2) is 12.6 Å². The van der Waals surface area contributed by atoms with Gasteiger partial charge in [-0.1, -0.05) is 25.1 Å². The molecule has 21 heavy (non-hydrogen) atoms. The molecule has 1 N–H and O–H groups in total. The van der Waals surface area contributed by atoms with Crippen LogP contribution in [0.5, 0.6) is 5.75 Å². The number of hydrogen-bond acceptors (Lipinski definition) is 2. The quantitative estimate of drug-likeness (QED) is 0.826. The number of hydrogen-bond donors (Lipinski definition) is 1. The summed E-state index contributed by atoms with van der Waals surface area (Å²) in [6.45, 7) is 9.27. The minimum Gasteiger partial charge on any atom is -0.489 e. The first-order chi connectivity index (χ1) is 10.1. The fourth-order valence-electron chi connectivity index (χ4n) is 2.42. The zero-order valence-corrected chi connectivity index (χ0v) is 13.4. The van der Waals surface area contributed by atoms with Crippen molar-refractivity contribution in [2.24, 2.45) is 0 Å². The van der Waals surface area contributed by atoms with Crippen molar-refractivity contribution < 1.29 is 4.74 Å².